The smallest absolute Gasteiger partial charge is 0.141 e. The third kappa shape index (κ3) is 1.93. The van der Waals surface area contributed by atoms with Gasteiger partial charge in [-0.1, -0.05) is 0 Å². The van der Waals surface area contributed by atoms with Crippen LogP contribution in [0.25, 0.3) is 22.4 Å². The molecule has 0 saturated heterocycles. The van der Waals surface area contributed by atoms with Crippen LogP contribution >= 0.6 is 0 Å². The van der Waals surface area contributed by atoms with E-state index in [1.807, 2.05) is 0 Å². The summed E-state index contributed by atoms with van der Waals surface area (Å²) in [6.07, 6.45) is 2.14. The number of phenolic OH excluding ortho intramolecular Hbond substituents is 1. The minimum absolute atomic E-state index is 0.0545. The van der Waals surface area contributed by atoms with Crippen molar-refractivity contribution in [3.05, 3.63) is 42.2 Å². The number of nitrogens with zero attached hydrogens (tertiary/aromatic N) is 2. The number of imidazole rings is 1. The van der Waals surface area contributed by atoms with Crippen LogP contribution in [0.2, 0.25) is 0 Å². The van der Waals surface area contributed by atoms with Gasteiger partial charge in [-0.05, 0) is 49.2 Å². The quantitative estimate of drug-likeness (QED) is 0.559. The van der Waals surface area contributed by atoms with Crippen LogP contribution < -0.4 is 5.73 Å². The van der Waals surface area contributed by atoms with E-state index in [4.69, 9.17) is 5.73 Å². The van der Waals surface area contributed by atoms with E-state index in [1.54, 1.807) is 24.3 Å². The molecular formula is C16H14FN3O. The van der Waals surface area contributed by atoms with Gasteiger partial charge in [0.2, 0.25) is 0 Å². The van der Waals surface area contributed by atoms with Gasteiger partial charge in [0.1, 0.15) is 17.4 Å². The molecule has 3 N–H and O–H groups in total. The molecule has 106 valence electrons. The number of anilines is 1. The summed E-state index contributed by atoms with van der Waals surface area (Å²) in [6, 6.07) is 10.0. The van der Waals surface area contributed by atoms with Gasteiger partial charge in [-0.2, -0.15) is 0 Å². The van der Waals surface area contributed by atoms with E-state index in [9.17, 15) is 9.50 Å². The van der Waals surface area contributed by atoms with Crippen LogP contribution in [0.3, 0.4) is 0 Å². The average molecular weight is 283 g/mol. The number of benzene rings is 2. The minimum Gasteiger partial charge on any atom is -0.506 e. The fourth-order valence-electron chi connectivity index (χ4n) is 2.67. The van der Waals surface area contributed by atoms with E-state index < -0.39 is 0 Å². The van der Waals surface area contributed by atoms with Crippen molar-refractivity contribution >= 4 is 16.7 Å². The summed E-state index contributed by atoms with van der Waals surface area (Å²) >= 11 is 0. The molecule has 0 aliphatic heterocycles. The minimum atomic E-state index is -0.263. The van der Waals surface area contributed by atoms with Crippen molar-refractivity contribution in [2.75, 3.05) is 5.73 Å². The Hall–Kier alpha value is -2.56. The normalized spacial score (nSPS) is 14.7. The Labute approximate surface area is 120 Å². The predicted octanol–water partition coefficient (Wildman–Crippen LogP) is 3.47. The highest BCUT2D eigenvalue weighted by Crippen LogP contribution is 2.42. The molecule has 4 nitrogen and oxygen atoms in total. The molecule has 3 aromatic rings. The molecule has 1 aliphatic rings. The van der Waals surface area contributed by atoms with E-state index in [0.29, 0.717) is 11.7 Å². The second-order valence-electron chi connectivity index (χ2n) is 5.44. The number of fused-ring (bicyclic) bond motifs is 1. The molecule has 0 atom stereocenters. The number of aromatic nitrogens is 2. The molecule has 0 amide bonds. The molecule has 1 aliphatic carbocycles. The van der Waals surface area contributed by atoms with Crippen LogP contribution in [-0.4, -0.2) is 14.7 Å². The van der Waals surface area contributed by atoms with Crippen molar-refractivity contribution in [2.24, 2.45) is 0 Å². The third-order valence-electron chi connectivity index (χ3n) is 3.85. The average Bonchev–Trinajstić information content (AvgIpc) is 3.23. The van der Waals surface area contributed by atoms with Crippen molar-refractivity contribution in [1.82, 2.24) is 9.55 Å². The first-order chi connectivity index (χ1) is 10.1. The Balaban J connectivity index is 1.99. The Morgan fingerprint density at radius 2 is 2.00 bits per heavy atom. The predicted molar refractivity (Wildman–Crippen MR) is 79.5 cm³/mol. The number of hydrogen-bond donors (Lipinski definition) is 2. The Bertz CT molecular complexity index is 852. The SMILES string of the molecule is Nc1cc(-c2nc3ccc(F)cc3n2C2CC2)ccc1O. The highest BCUT2D eigenvalue weighted by Gasteiger charge is 2.29. The zero-order valence-corrected chi connectivity index (χ0v) is 11.3. The van der Waals surface area contributed by atoms with Crippen LogP contribution in [0.5, 0.6) is 5.75 Å². The van der Waals surface area contributed by atoms with E-state index in [1.165, 1.54) is 12.1 Å². The van der Waals surface area contributed by atoms with Gasteiger partial charge in [0.25, 0.3) is 0 Å². The van der Waals surface area contributed by atoms with Crippen molar-refractivity contribution in [3.63, 3.8) is 0 Å². The topological polar surface area (TPSA) is 64.1 Å². The lowest BCUT2D eigenvalue weighted by Crippen LogP contribution is -1.98. The van der Waals surface area contributed by atoms with Crippen molar-refractivity contribution in [2.45, 2.75) is 18.9 Å². The first-order valence-corrected chi connectivity index (χ1v) is 6.90. The number of aromatic hydroxyl groups is 1. The van der Waals surface area contributed by atoms with E-state index in [-0.39, 0.29) is 11.6 Å². The van der Waals surface area contributed by atoms with Gasteiger partial charge in [0.15, 0.2) is 0 Å². The lowest BCUT2D eigenvalue weighted by Gasteiger charge is -2.09. The highest BCUT2D eigenvalue weighted by atomic mass is 19.1. The molecule has 0 spiro atoms. The summed E-state index contributed by atoms with van der Waals surface area (Å²) in [5.74, 6) is 0.560. The fourth-order valence-corrected chi connectivity index (χ4v) is 2.67. The molecule has 1 saturated carbocycles. The lowest BCUT2D eigenvalue weighted by molar-refractivity contribution is 0.478. The molecule has 0 unspecified atom stereocenters. The van der Waals surface area contributed by atoms with Gasteiger partial charge in [0.05, 0.1) is 16.7 Å². The van der Waals surface area contributed by atoms with Gasteiger partial charge < -0.3 is 15.4 Å². The zero-order valence-electron chi connectivity index (χ0n) is 11.3. The number of rotatable bonds is 2. The van der Waals surface area contributed by atoms with Crippen LogP contribution in [0, 0.1) is 5.82 Å². The molecule has 4 rings (SSSR count). The maximum atomic E-state index is 13.5. The summed E-state index contributed by atoms with van der Waals surface area (Å²) in [4.78, 5) is 4.62. The summed E-state index contributed by atoms with van der Waals surface area (Å²) < 4.78 is 15.6. The van der Waals surface area contributed by atoms with E-state index in [0.717, 1.165) is 35.3 Å². The van der Waals surface area contributed by atoms with Crippen LogP contribution in [0.15, 0.2) is 36.4 Å². The Morgan fingerprint density at radius 1 is 1.19 bits per heavy atom. The summed E-state index contributed by atoms with van der Waals surface area (Å²) in [6.45, 7) is 0. The van der Waals surface area contributed by atoms with Crippen molar-refractivity contribution in [1.29, 1.82) is 0 Å². The first kappa shape index (κ1) is 12.2. The van der Waals surface area contributed by atoms with Gasteiger partial charge >= 0.3 is 0 Å². The van der Waals surface area contributed by atoms with E-state index >= 15 is 0 Å². The summed E-state index contributed by atoms with van der Waals surface area (Å²) in [5.41, 5.74) is 8.48. The molecule has 21 heavy (non-hydrogen) atoms. The van der Waals surface area contributed by atoms with Crippen molar-refractivity contribution < 1.29 is 9.50 Å². The summed E-state index contributed by atoms with van der Waals surface area (Å²) in [7, 11) is 0. The van der Waals surface area contributed by atoms with Gasteiger partial charge in [-0.15, -0.1) is 0 Å². The standard InChI is InChI=1S/C16H14FN3O/c17-10-2-5-13-14(8-10)20(11-3-4-11)16(19-13)9-1-6-15(21)12(18)7-9/h1-2,5-8,11,21H,3-4,18H2. The number of phenols is 1. The second-order valence-corrected chi connectivity index (χ2v) is 5.44. The Morgan fingerprint density at radius 3 is 2.71 bits per heavy atom. The molecule has 1 heterocycles. The molecule has 2 aromatic carbocycles. The molecular weight excluding hydrogens is 269 g/mol. The number of nitrogens with two attached hydrogens (primary N) is 1. The number of hydrogen-bond acceptors (Lipinski definition) is 3. The Kier molecular flexibility index (Phi) is 2.45. The van der Waals surface area contributed by atoms with Gasteiger partial charge in [-0.25, -0.2) is 9.37 Å². The lowest BCUT2D eigenvalue weighted by atomic mass is 10.1. The third-order valence-corrected chi connectivity index (χ3v) is 3.85. The molecule has 1 fully saturated rings. The van der Waals surface area contributed by atoms with Gasteiger partial charge in [0, 0.05) is 11.6 Å². The molecule has 1 aromatic heterocycles. The van der Waals surface area contributed by atoms with Crippen LogP contribution in [0.1, 0.15) is 18.9 Å². The second kappa shape index (κ2) is 4.22. The molecule has 0 radical (unpaired) electrons. The maximum absolute atomic E-state index is 13.5. The van der Waals surface area contributed by atoms with Crippen molar-refractivity contribution in [3.8, 4) is 17.1 Å². The molecule has 0 bridgehead atoms. The number of halogens is 1. The van der Waals surface area contributed by atoms with Gasteiger partial charge in [-0.3, -0.25) is 0 Å². The fraction of sp³-hybridized carbons (Fsp3) is 0.188. The first-order valence-electron chi connectivity index (χ1n) is 6.90. The molecule has 5 heteroatoms. The number of nitrogen functional groups attached to an aromatic ring is 1. The zero-order chi connectivity index (χ0) is 14.6. The monoisotopic (exact) mass is 283 g/mol. The largest absolute Gasteiger partial charge is 0.506 e. The van der Waals surface area contributed by atoms with E-state index in [2.05, 4.69) is 9.55 Å². The maximum Gasteiger partial charge on any atom is 0.141 e. The van der Waals surface area contributed by atoms with Crippen LogP contribution in [-0.2, 0) is 0 Å². The summed E-state index contributed by atoms with van der Waals surface area (Å²) in [5, 5.41) is 9.56. The van der Waals surface area contributed by atoms with Crippen LogP contribution in [0.4, 0.5) is 10.1 Å². The highest BCUT2D eigenvalue weighted by molar-refractivity contribution is 5.82.